The van der Waals surface area contributed by atoms with Crippen LogP contribution in [0.5, 0.6) is 0 Å². The molecular formula is C19H22F3N5O. The van der Waals surface area contributed by atoms with Gasteiger partial charge in [-0.2, -0.15) is 18.2 Å². The summed E-state index contributed by atoms with van der Waals surface area (Å²) in [7, 11) is 0. The fraction of sp³-hybridized carbons (Fsp3) is 0.421. The van der Waals surface area contributed by atoms with Crippen LogP contribution in [0.2, 0.25) is 0 Å². The van der Waals surface area contributed by atoms with E-state index < -0.39 is 18.5 Å². The first-order valence-electron chi connectivity index (χ1n) is 8.98. The first kappa shape index (κ1) is 19.9. The molecule has 1 aromatic heterocycles. The Kier molecular flexibility index (Phi) is 5.71. The van der Waals surface area contributed by atoms with Gasteiger partial charge in [-0.15, -0.1) is 0 Å². The maximum Gasteiger partial charge on any atom is 0.397 e. The predicted molar refractivity (Wildman–Crippen MR) is 101 cm³/mol. The van der Waals surface area contributed by atoms with Crippen LogP contribution in [0.3, 0.4) is 0 Å². The minimum absolute atomic E-state index is 0.215. The van der Waals surface area contributed by atoms with Gasteiger partial charge >= 0.3 is 6.18 Å². The number of amides is 1. The lowest BCUT2D eigenvalue weighted by Gasteiger charge is -2.35. The van der Waals surface area contributed by atoms with Crippen molar-refractivity contribution in [2.75, 3.05) is 36.4 Å². The van der Waals surface area contributed by atoms with Gasteiger partial charge in [-0.3, -0.25) is 4.79 Å². The molecule has 3 rings (SSSR count). The van der Waals surface area contributed by atoms with Crippen molar-refractivity contribution in [3.05, 3.63) is 41.6 Å². The molecule has 0 unspecified atom stereocenters. The molecule has 0 atom stereocenters. The fourth-order valence-electron chi connectivity index (χ4n) is 2.98. The number of aryl methyl sites for hydroxylation is 2. The Balaban J connectivity index is 1.65. The number of nitrogens with one attached hydrogen (secondary N) is 1. The number of alkyl halides is 3. The summed E-state index contributed by atoms with van der Waals surface area (Å²) in [6, 6.07) is 9.73. The van der Waals surface area contributed by atoms with Crippen molar-refractivity contribution in [2.45, 2.75) is 26.4 Å². The molecule has 1 saturated heterocycles. The number of halogens is 3. The number of rotatable bonds is 4. The number of carbonyl (C=O) groups excluding carboxylic acids is 1. The Morgan fingerprint density at radius 1 is 1.07 bits per heavy atom. The number of anilines is 3. The summed E-state index contributed by atoms with van der Waals surface area (Å²) in [5.41, 5.74) is 2.83. The van der Waals surface area contributed by atoms with Gasteiger partial charge in [0.25, 0.3) is 0 Å². The first-order valence-corrected chi connectivity index (χ1v) is 8.98. The highest BCUT2D eigenvalue weighted by atomic mass is 19.4. The summed E-state index contributed by atoms with van der Waals surface area (Å²) < 4.78 is 37.2. The first-order chi connectivity index (χ1) is 13.2. The molecule has 1 aliphatic rings. The van der Waals surface area contributed by atoms with Gasteiger partial charge in [-0.05, 0) is 26.0 Å². The van der Waals surface area contributed by atoms with E-state index in [2.05, 4.69) is 15.3 Å². The van der Waals surface area contributed by atoms with Crippen LogP contribution >= 0.6 is 0 Å². The quantitative estimate of drug-likeness (QED) is 0.862. The van der Waals surface area contributed by atoms with Gasteiger partial charge in [-0.1, -0.05) is 17.7 Å². The zero-order valence-corrected chi connectivity index (χ0v) is 15.8. The van der Waals surface area contributed by atoms with E-state index in [1.54, 1.807) is 0 Å². The van der Waals surface area contributed by atoms with Crippen LogP contribution in [0.4, 0.5) is 30.6 Å². The van der Waals surface area contributed by atoms with Crippen molar-refractivity contribution in [1.82, 2.24) is 14.9 Å². The molecule has 0 saturated carbocycles. The molecule has 9 heteroatoms. The summed E-state index contributed by atoms with van der Waals surface area (Å²) in [5, 5.41) is 3.24. The number of nitrogens with zero attached hydrogens (tertiary/aromatic N) is 4. The molecule has 2 aromatic rings. The number of carbonyl (C=O) groups is 1. The molecule has 1 N–H and O–H groups in total. The predicted octanol–water partition coefficient (Wildman–Crippen LogP) is 3.44. The summed E-state index contributed by atoms with van der Waals surface area (Å²) in [6.45, 7) is 5.07. The maximum absolute atomic E-state index is 12.4. The van der Waals surface area contributed by atoms with Gasteiger partial charge in [0.15, 0.2) is 0 Å². The molecule has 2 heterocycles. The second-order valence-corrected chi connectivity index (χ2v) is 6.85. The number of benzene rings is 1. The number of piperazine rings is 1. The normalized spacial score (nSPS) is 14.9. The third-order valence-corrected chi connectivity index (χ3v) is 4.43. The van der Waals surface area contributed by atoms with Crippen molar-refractivity contribution in [2.24, 2.45) is 0 Å². The molecule has 0 aliphatic carbocycles. The average Bonchev–Trinajstić information content (AvgIpc) is 2.62. The Bertz CT molecular complexity index is 830. The van der Waals surface area contributed by atoms with E-state index in [1.807, 2.05) is 49.1 Å². The van der Waals surface area contributed by atoms with E-state index in [0.29, 0.717) is 24.9 Å². The third-order valence-electron chi connectivity index (χ3n) is 4.43. The maximum atomic E-state index is 12.4. The van der Waals surface area contributed by atoms with E-state index in [9.17, 15) is 18.0 Å². The van der Waals surface area contributed by atoms with Crippen LogP contribution in [-0.2, 0) is 4.79 Å². The van der Waals surface area contributed by atoms with Crippen molar-refractivity contribution < 1.29 is 18.0 Å². The van der Waals surface area contributed by atoms with Crippen molar-refractivity contribution in [1.29, 1.82) is 0 Å². The van der Waals surface area contributed by atoms with E-state index in [4.69, 9.17) is 0 Å². The Morgan fingerprint density at radius 3 is 2.32 bits per heavy atom. The van der Waals surface area contributed by atoms with Crippen LogP contribution in [-0.4, -0.2) is 53.1 Å². The van der Waals surface area contributed by atoms with E-state index in [0.717, 1.165) is 16.9 Å². The molecule has 6 nitrogen and oxygen atoms in total. The van der Waals surface area contributed by atoms with Gasteiger partial charge in [0, 0.05) is 43.6 Å². The number of hydrogen-bond donors (Lipinski definition) is 1. The Hall–Kier alpha value is -2.84. The molecule has 0 bridgehead atoms. The third kappa shape index (κ3) is 5.34. The van der Waals surface area contributed by atoms with Gasteiger partial charge in [0.2, 0.25) is 11.9 Å². The second kappa shape index (κ2) is 8.04. The summed E-state index contributed by atoms with van der Waals surface area (Å²) in [5.74, 6) is 0.249. The lowest BCUT2D eigenvalue weighted by molar-refractivity contribution is -0.161. The van der Waals surface area contributed by atoms with Crippen molar-refractivity contribution in [3.63, 3.8) is 0 Å². The highest BCUT2D eigenvalue weighted by Crippen LogP contribution is 2.23. The Labute approximate surface area is 161 Å². The van der Waals surface area contributed by atoms with Crippen LogP contribution in [0.25, 0.3) is 0 Å². The topological polar surface area (TPSA) is 61.4 Å². The molecule has 1 aliphatic heterocycles. The summed E-state index contributed by atoms with van der Waals surface area (Å²) in [6.07, 6.45) is -5.90. The lowest BCUT2D eigenvalue weighted by atomic mass is 10.2. The SMILES string of the molecule is Cc1ccc(Nc2cc(C)nc(N3CCN(C(=O)CC(F)(F)F)CC3)n2)cc1. The molecule has 28 heavy (non-hydrogen) atoms. The summed E-state index contributed by atoms with van der Waals surface area (Å²) >= 11 is 0. The number of hydrogen-bond acceptors (Lipinski definition) is 5. The largest absolute Gasteiger partial charge is 0.397 e. The van der Waals surface area contributed by atoms with Crippen LogP contribution in [0.15, 0.2) is 30.3 Å². The van der Waals surface area contributed by atoms with Gasteiger partial charge in [0.1, 0.15) is 12.2 Å². The van der Waals surface area contributed by atoms with E-state index in [-0.39, 0.29) is 13.1 Å². The smallest absolute Gasteiger partial charge is 0.340 e. The Morgan fingerprint density at radius 2 is 1.71 bits per heavy atom. The zero-order chi connectivity index (χ0) is 20.3. The zero-order valence-electron chi connectivity index (χ0n) is 15.8. The van der Waals surface area contributed by atoms with E-state index >= 15 is 0 Å². The second-order valence-electron chi connectivity index (χ2n) is 6.85. The van der Waals surface area contributed by atoms with Gasteiger partial charge in [0.05, 0.1) is 0 Å². The monoisotopic (exact) mass is 393 g/mol. The number of aromatic nitrogens is 2. The van der Waals surface area contributed by atoms with Crippen molar-refractivity contribution >= 4 is 23.4 Å². The van der Waals surface area contributed by atoms with Crippen molar-refractivity contribution in [3.8, 4) is 0 Å². The van der Waals surface area contributed by atoms with Crippen LogP contribution in [0.1, 0.15) is 17.7 Å². The molecule has 1 aromatic carbocycles. The molecular weight excluding hydrogens is 371 g/mol. The average molecular weight is 393 g/mol. The molecule has 1 fully saturated rings. The summed E-state index contributed by atoms with van der Waals surface area (Å²) in [4.78, 5) is 23.8. The van der Waals surface area contributed by atoms with Gasteiger partial charge < -0.3 is 15.1 Å². The van der Waals surface area contributed by atoms with Gasteiger partial charge in [-0.25, -0.2) is 4.98 Å². The molecule has 150 valence electrons. The van der Waals surface area contributed by atoms with Crippen LogP contribution in [0, 0.1) is 13.8 Å². The standard InChI is InChI=1S/C19H22F3N5O/c1-13-3-5-15(6-4-13)24-16-11-14(2)23-18(25-16)27-9-7-26(8-10-27)17(28)12-19(20,21)22/h3-6,11H,7-10,12H2,1-2H3,(H,23,24,25). The minimum atomic E-state index is -4.48. The molecule has 0 radical (unpaired) electrons. The lowest BCUT2D eigenvalue weighted by Crippen LogP contribution is -2.50. The molecule has 0 spiro atoms. The minimum Gasteiger partial charge on any atom is -0.340 e. The highest BCUT2D eigenvalue weighted by Gasteiger charge is 2.34. The highest BCUT2D eigenvalue weighted by molar-refractivity contribution is 5.77. The molecule has 1 amide bonds. The van der Waals surface area contributed by atoms with Crippen LogP contribution < -0.4 is 10.2 Å². The fourth-order valence-corrected chi connectivity index (χ4v) is 2.98. The van der Waals surface area contributed by atoms with E-state index in [1.165, 1.54) is 4.90 Å².